The van der Waals surface area contributed by atoms with Gasteiger partial charge in [-0.15, -0.1) is 0 Å². The number of aryl methyl sites for hydroxylation is 1. The number of likely N-dealkylation sites (tertiary alicyclic amines) is 1. The first-order chi connectivity index (χ1) is 20.8. The lowest BCUT2D eigenvalue weighted by Gasteiger charge is -2.25. The Labute approximate surface area is 256 Å². The van der Waals surface area contributed by atoms with Crippen LogP contribution in [0.5, 0.6) is 5.75 Å². The van der Waals surface area contributed by atoms with Crippen LogP contribution in [0.1, 0.15) is 33.8 Å². The van der Waals surface area contributed by atoms with Gasteiger partial charge < -0.3 is 14.2 Å². The van der Waals surface area contributed by atoms with Crippen molar-refractivity contribution in [2.24, 2.45) is 7.05 Å². The third-order valence-corrected chi connectivity index (χ3v) is 10.2. The molecule has 1 aliphatic rings. The van der Waals surface area contributed by atoms with E-state index >= 15 is 0 Å². The summed E-state index contributed by atoms with van der Waals surface area (Å²) in [7, 11) is -0.493. The number of carbonyl (C=O) groups excluding carboxylic acids is 1. The van der Waals surface area contributed by atoms with Crippen molar-refractivity contribution in [3.8, 4) is 5.75 Å². The molecule has 6 rings (SSSR count). The van der Waals surface area contributed by atoms with E-state index in [0.717, 1.165) is 17.5 Å². The first kappa shape index (κ1) is 28.8. The third-order valence-electron chi connectivity index (χ3n) is 8.13. The molecule has 0 spiro atoms. The fraction of sp³-hybridized carbons (Fsp3) is 0.206. The summed E-state index contributed by atoms with van der Waals surface area (Å²) in [5, 5.41) is 1.41. The number of halogens is 1. The summed E-state index contributed by atoms with van der Waals surface area (Å²) in [5.74, 6) is 0.522. The van der Waals surface area contributed by atoms with Crippen LogP contribution in [0.3, 0.4) is 0 Å². The van der Waals surface area contributed by atoms with Gasteiger partial charge in [-0.3, -0.25) is 9.10 Å². The largest absolute Gasteiger partial charge is 0.497 e. The van der Waals surface area contributed by atoms with Crippen molar-refractivity contribution in [3.63, 3.8) is 0 Å². The zero-order valence-electron chi connectivity index (χ0n) is 24.0. The molecule has 1 aromatic heterocycles. The van der Waals surface area contributed by atoms with Crippen LogP contribution >= 0.6 is 11.6 Å². The quantitative estimate of drug-likeness (QED) is 0.192. The minimum absolute atomic E-state index is 0.00296. The normalized spacial score (nSPS) is 15.1. The highest BCUT2D eigenvalue weighted by molar-refractivity contribution is 7.92. The molecule has 2 heterocycles. The molecule has 220 valence electrons. The molecule has 7 nitrogen and oxygen atoms in total. The standard InChI is InChI=1S/C34H32ClN3O4S/c1-36-23-31(29-10-6-7-11-33(29)36)25-18-19-37(22-25)34(39)30-20-28(16-17-32(30)35)43(40,41)38(21-24-8-4-3-5-9-24)26-12-14-27(42-2)15-13-26/h3-17,20,23,25H,18-19,21-22H2,1-2H3. The Morgan fingerprint density at radius 1 is 0.977 bits per heavy atom. The van der Waals surface area contributed by atoms with Crippen LogP contribution < -0.4 is 9.04 Å². The predicted molar refractivity (Wildman–Crippen MR) is 170 cm³/mol. The van der Waals surface area contributed by atoms with Crippen molar-refractivity contribution in [3.05, 3.63) is 125 Å². The van der Waals surface area contributed by atoms with Crippen LogP contribution in [-0.2, 0) is 23.6 Å². The number of anilines is 1. The highest BCUT2D eigenvalue weighted by atomic mass is 35.5. The van der Waals surface area contributed by atoms with Gasteiger partial charge >= 0.3 is 0 Å². The minimum Gasteiger partial charge on any atom is -0.497 e. The number of methoxy groups -OCH3 is 1. The molecule has 1 fully saturated rings. The van der Waals surface area contributed by atoms with E-state index in [4.69, 9.17) is 16.3 Å². The van der Waals surface area contributed by atoms with Gasteiger partial charge in [0.25, 0.3) is 15.9 Å². The van der Waals surface area contributed by atoms with Gasteiger partial charge in [-0.05, 0) is 66.1 Å². The maximum Gasteiger partial charge on any atom is 0.264 e. The highest BCUT2D eigenvalue weighted by Gasteiger charge is 2.32. The Morgan fingerprint density at radius 2 is 1.70 bits per heavy atom. The van der Waals surface area contributed by atoms with Crippen molar-refractivity contribution >= 4 is 44.1 Å². The molecule has 4 aromatic carbocycles. The van der Waals surface area contributed by atoms with Crippen LogP contribution in [0.15, 0.2) is 108 Å². The Hall–Kier alpha value is -4.27. The van der Waals surface area contributed by atoms with Crippen LogP contribution in [0.2, 0.25) is 5.02 Å². The molecule has 43 heavy (non-hydrogen) atoms. The predicted octanol–water partition coefficient (Wildman–Crippen LogP) is 6.87. The van der Waals surface area contributed by atoms with Crippen molar-refractivity contribution < 1.29 is 17.9 Å². The number of rotatable bonds is 8. The molecule has 1 aliphatic heterocycles. The summed E-state index contributed by atoms with van der Waals surface area (Å²) < 4.78 is 37.1. The molecule has 0 saturated carbocycles. The number of nitrogens with zero attached hydrogens (tertiary/aromatic N) is 3. The number of sulfonamides is 1. The van der Waals surface area contributed by atoms with E-state index in [1.54, 1.807) is 36.3 Å². The lowest BCUT2D eigenvalue weighted by atomic mass is 9.98. The number of ether oxygens (including phenoxy) is 1. The van der Waals surface area contributed by atoms with Gasteiger partial charge in [0, 0.05) is 43.2 Å². The monoisotopic (exact) mass is 613 g/mol. The molecule has 1 atom stereocenters. The fourth-order valence-corrected chi connectivity index (χ4v) is 7.51. The average Bonchev–Trinajstić information content (AvgIpc) is 3.65. The maximum absolute atomic E-state index is 14.2. The van der Waals surface area contributed by atoms with E-state index in [0.29, 0.717) is 24.5 Å². The zero-order valence-corrected chi connectivity index (χ0v) is 25.6. The number of carbonyl (C=O) groups is 1. The molecule has 1 saturated heterocycles. The van der Waals surface area contributed by atoms with E-state index in [1.807, 2.05) is 49.5 Å². The summed E-state index contributed by atoms with van der Waals surface area (Å²) in [6.07, 6.45) is 2.96. The second-order valence-corrected chi connectivity index (χ2v) is 13.1. The van der Waals surface area contributed by atoms with Gasteiger partial charge in [0.15, 0.2) is 0 Å². The molecule has 0 radical (unpaired) electrons. The van der Waals surface area contributed by atoms with Gasteiger partial charge in [-0.2, -0.15) is 0 Å². The van der Waals surface area contributed by atoms with Gasteiger partial charge in [-0.25, -0.2) is 8.42 Å². The Kier molecular flexibility index (Phi) is 7.90. The Balaban J connectivity index is 1.30. The molecule has 0 aliphatic carbocycles. The van der Waals surface area contributed by atoms with Crippen LogP contribution in [0.4, 0.5) is 5.69 Å². The second-order valence-electron chi connectivity index (χ2n) is 10.8. The van der Waals surface area contributed by atoms with Crippen LogP contribution in [0, 0.1) is 0 Å². The zero-order chi connectivity index (χ0) is 30.1. The second kappa shape index (κ2) is 11.8. The van der Waals surface area contributed by atoms with E-state index < -0.39 is 10.0 Å². The molecule has 5 aromatic rings. The number of benzene rings is 4. The topological polar surface area (TPSA) is 71.8 Å². The van der Waals surface area contributed by atoms with Crippen molar-refractivity contribution in [2.45, 2.75) is 23.8 Å². The molecule has 0 bridgehead atoms. The lowest BCUT2D eigenvalue weighted by molar-refractivity contribution is 0.0790. The Morgan fingerprint density at radius 3 is 2.44 bits per heavy atom. The van der Waals surface area contributed by atoms with E-state index in [1.165, 1.54) is 33.5 Å². The number of fused-ring (bicyclic) bond motifs is 1. The van der Waals surface area contributed by atoms with Crippen LogP contribution in [-0.4, -0.2) is 44.0 Å². The van der Waals surface area contributed by atoms with Gasteiger partial charge in [-0.1, -0.05) is 60.1 Å². The molecular formula is C34H32ClN3O4S. The molecular weight excluding hydrogens is 582 g/mol. The number of para-hydroxylation sites is 1. The smallest absolute Gasteiger partial charge is 0.264 e. The number of amides is 1. The lowest BCUT2D eigenvalue weighted by Crippen LogP contribution is -2.32. The minimum atomic E-state index is -4.08. The molecule has 0 N–H and O–H groups in total. The summed E-state index contributed by atoms with van der Waals surface area (Å²) in [4.78, 5) is 15.6. The van der Waals surface area contributed by atoms with Crippen molar-refractivity contribution in [1.82, 2.24) is 9.47 Å². The number of aromatic nitrogens is 1. The van der Waals surface area contributed by atoms with Crippen LogP contribution in [0.25, 0.3) is 10.9 Å². The Bertz CT molecular complexity index is 1890. The summed E-state index contributed by atoms with van der Waals surface area (Å²) in [5.41, 5.74) is 3.84. The van der Waals surface area contributed by atoms with Gasteiger partial charge in [0.1, 0.15) is 5.75 Å². The summed E-state index contributed by atoms with van der Waals surface area (Å²) >= 11 is 6.54. The highest BCUT2D eigenvalue weighted by Crippen LogP contribution is 2.35. The third kappa shape index (κ3) is 5.60. The van der Waals surface area contributed by atoms with Gasteiger partial charge in [0.05, 0.1) is 34.8 Å². The van der Waals surface area contributed by atoms with E-state index in [2.05, 4.69) is 22.9 Å². The SMILES string of the molecule is COc1ccc(N(Cc2ccccc2)S(=O)(=O)c2ccc(Cl)c(C(=O)N3CCC(c4cn(C)c5ccccc45)C3)c2)cc1. The van der Waals surface area contributed by atoms with E-state index in [-0.39, 0.29) is 33.9 Å². The molecule has 1 unspecified atom stereocenters. The molecule has 1 amide bonds. The summed E-state index contributed by atoms with van der Waals surface area (Å²) in [6.45, 7) is 1.21. The maximum atomic E-state index is 14.2. The first-order valence-corrected chi connectivity index (χ1v) is 15.9. The number of hydrogen-bond acceptors (Lipinski definition) is 4. The summed E-state index contributed by atoms with van der Waals surface area (Å²) in [6, 6.07) is 28.9. The number of hydrogen-bond donors (Lipinski definition) is 0. The van der Waals surface area contributed by atoms with Crippen molar-refractivity contribution in [1.29, 1.82) is 0 Å². The van der Waals surface area contributed by atoms with E-state index in [9.17, 15) is 13.2 Å². The fourth-order valence-electron chi connectivity index (χ4n) is 5.84. The average molecular weight is 614 g/mol. The molecule has 9 heteroatoms. The first-order valence-electron chi connectivity index (χ1n) is 14.1. The van der Waals surface area contributed by atoms with Crippen molar-refractivity contribution in [2.75, 3.05) is 24.5 Å². The van der Waals surface area contributed by atoms with Gasteiger partial charge in [0.2, 0.25) is 0 Å².